The Bertz CT molecular complexity index is 2180. The average Bonchev–Trinajstić information content (AvgIpc) is 3.40. The molecule has 0 radical (unpaired) electrons. The fraction of sp³-hybridized carbons (Fsp3) is 0.310. The second kappa shape index (κ2) is 11.1. The Kier molecular flexibility index (Phi) is 6.50. The minimum atomic E-state index is -1.92. The lowest BCUT2D eigenvalue weighted by Gasteiger charge is -2.34. The number of fused-ring (bicyclic) bond motifs is 3. The molecule has 2 aromatic heterocycles. The lowest BCUT2D eigenvalue weighted by atomic mass is 9.71. The number of aromatic nitrogens is 1. The number of hydrogen-bond donors (Lipinski definition) is 0. The van der Waals surface area contributed by atoms with Crippen molar-refractivity contribution in [3.63, 3.8) is 0 Å². The van der Waals surface area contributed by atoms with Crippen molar-refractivity contribution in [3.05, 3.63) is 108 Å². The van der Waals surface area contributed by atoms with Crippen molar-refractivity contribution in [3.8, 4) is 33.5 Å². The number of hydrogen-bond acceptors (Lipinski definition) is 1. The molecule has 1 fully saturated rings. The van der Waals surface area contributed by atoms with Crippen LogP contribution in [0.1, 0.15) is 60.7 Å². The predicted molar refractivity (Wildman–Crippen MR) is 194 cm³/mol. The van der Waals surface area contributed by atoms with Crippen molar-refractivity contribution in [2.75, 3.05) is 0 Å². The van der Waals surface area contributed by atoms with E-state index in [0.717, 1.165) is 86.7 Å². The van der Waals surface area contributed by atoms with Crippen LogP contribution in [0.2, 0.25) is 19.6 Å². The third-order valence-electron chi connectivity index (χ3n) is 9.92. The van der Waals surface area contributed by atoms with Gasteiger partial charge in [0.25, 0.3) is 0 Å². The van der Waals surface area contributed by atoms with Crippen molar-refractivity contribution in [1.82, 2.24) is 0 Å². The molecule has 1 aliphatic rings. The van der Waals surface area contributed by atoms with Crippen molar-refractivity contribution in [1.29, 1.82) is 0 Å². The van der Waals surface area contributed by atoms with Gasteiger partial charge in [0.15, 0.2) is 6.20 Å². The van der Waals surface area contributed by atoms with Gasteiger partial charge in [-0.05, 0) is 89.4 Å². The van der Waals surface area contributed by atoms with Crippen LogP contribution < -0.4 is 9.75 Å². The van der Waals surface area contributed by atoms with E-state index >= 15 is 0 Å². The number of nitrogens with zero attached hydrogens (tertiary/aromatic N) is 1. The molecule has 0 aliphatic heterocycles. The highest BCUT2D eigenvalue weighted by molar-refractivity contribution is 6.89. The summed E-state index contributed by atoms with van der Waals surface area (Å²) >= 11 is 0. The first-order chi connectivity index (χ1) is 22.6. The summed E-state index contributed by atoms with van der Waals surface area (Å²) in [6, 6.07) is 27.8. The molecule has 0 unspecified atom stereocenters. The summed E-state index contributed by atoms with van der Waals surface area (Å²) in [6.45, 7) is 13.7. The van der Waals surface area contributed by atoms with Crippen molar-refractivity contribution in [2.24, 2.45) is 12.5 Å². The van der Waals surface area contributed by atoms with Gasteiger partial charge in [0.2, 0.25) is 5.69 Å². The molecule has 0 N–H and O–H groups in total. The van der Waals surface area contributed by atoms with E-state index in [9.17, 15) is 4.11 Å². The molecule has 0 atom stereocenters. The number of pyridine rings is 1. The first-order valence-corrected chi connectivity index (χ1v) is 19.8. The van der Waals surface area contributed by atoms with E-state index in [1.165, 1.54) is 5.19 Å². The van der Waals surface area contributed by atoms with E-state index in [1.807, 2.05) is 18.2 Å². The zero-order valence-corrected chi connectivity index (χ0v) is 28.8. The molecule has 1 aliphatic carbocycles. The molecule has 0 spiro atoms. The largest absolute Gasteiger partial charge is 0.455 e. The second-order valence-electron chi connectivity index (χ2n) is 14.8. The van der Waals surface area contributed by atoms with E-state index in [1.54, 1.807) is 0 Å². The van der Waals surface area contributed by atoms with Crippen LogP contribution in [0.15, 0.2) is 102 Å². The number of benzene rings is 4. The van der Waals surface area contributed by atoms with Crippen LogP contribution in [-0.2, 0) is 7.05 Å². The molecule has 7 rings (SSSR count). The quantitative estimate of drug-likeness (QED) is 0.140. The van der Waals surface area contributed by atoms with E-state index < -0.39 is 14.0 Å². The molecule has 0 saturated heterocycles. The number of rotatable bonds is 5. The van der Waals surface area contributed by atoms with Gasteiger partial charge in [0.1, 0.15) is 18.2 Å². The highest BCUT2D eigenvalue weighted by Crippen LogP contribution is 2.43. The maximum atomic E-state index is 9.36. The van der Waals surface area contributed by atoms with E-state index in [-0.39, 0.29) is 5.41 Å². The van der Waals surface area contributed by atoms with Crippen molar-refractivity contribution >= 4 is 35.2 Å². The van der Waals surface area contributed by atoms with Gasteiger partial charge in [-0.15, -0.1) is 0 Å². The monoisotopic (exact) mass is 611 g/mol. The highest BCUT2D eigenvalue weighted by Gasteiger charge is 2.30. The SMILES string of the molecule is [2H]c1cc(C2([2H])CCC(C)(C)CC2)cc([2H])c1-c1cc(-c2c(C)ccc3c2oc2cc(-c4ccccc4)ccc23)[n+](C)cc1[Si](C)(C)C. The Morgan fingerprint density at radius 3 is 2.22 bits per heavy atom. The molecule has 3 heteroatoms. The standard InChI is InChI=1S/C42H46NOSi/c1-28-13-19-35-34-20-18-33(29-11-9-8-10-12-29)25-38(34)44-41(35)40(28)37-26-36(39(27-43(37)4)45(5,6)7)32-16-14-30(15-17-32)31-21-23-42(2,3)24-22-31/h8-20,25-27,31H,21-24H2,1-7H3/q+1/i16D,17D,31D. The van der Waals surface area contributed by atoms with Gasteiger partial charge in [-0.25, -0.2) is 4.57 Å². The smallest absolute Gasteiger partial charge is 0.216 e. The Morgan fingerprint density at radius 2 is 1.53 bits per heavy atom. The summed E-state index contributed by atoms with van der Waals surface area (Å²) in [6.07, 6.45) is 5.72. The van der Waals surface area contributed by atoms with Gasteiger partial charge in [-0.3, -0.25) is 0 Å². The number of furan rings is 1. The molecule has 1 saturated carbocycles. The predicted octanol–water partition coefficient (Wildman–Crippen LogP) is 10.9. The van der Waals surface area contributed by atoms with Crippen molar-refractivity contribution in [2.45, 2.75) is 72.0 Å². The molecular weight excluding hydrogens is 563 g/mol. The zero-order valence-electron chi connectivity index (χ0n) is 30.8. The Labute approximate surface area is 274 Å². The first-order valence-electron chi connectivity index (χ1n) is 17.8. The van der Waals surface area contributed by atoms with Gasteiger partial charge in [0, 0.05) is 23.4 Å². The fourth-order valence-electron chi connectivity index (χ4n) is 7.03. The van der Waals surface area contributed by atoms with Gasteiger partial charge < -0.3 is 4.42 Å². The van der Waals surface area contributed by atoms with Crippen LogP contribution in [-0.4, -0.2) is 8.07 Å². The van der Waals surface area contributed by atoms with Crippen molar-refractivity contribution < 1.29 is 13.1 Å². The zero-order chi connectivity index (χ0) is 34.2. The normalized spacial score (nSPS) is 17.3. The molecule has 2 heterocycles. The molecule has 45 heavy (non-hydrogen) atoms. The third kappa shape index (κ3) is 5.57. The Balaban J connectivity index is 1.41. The van der Waals surface area contributed by atoms with Gasteiger partial charge in [0.05, 0.1) is 16.4 Å². The minimum Gasteiger partial charge on any atom is -0.455 e. The van der Waals surface area contributed by atoms with E-state index in [4.69, 9.17) is 4.42 Å². The lowest BCUT2D eigenvalue weighted by molar-refractivity contribution is -0.659. The molecular formula is C42H46NOSi+. The first kappa shape index (κ1) is 26.3. The van der Waals surface area contributed by atoms with Crippen LogP contribution in [0.5, 0.6) is 0 Å². The summed E-state index contributed by atoms with van der Waals surface area (Å²) in [5.74, 6) is -0.746. The van der Waals surface area contributed by atoms with Crippen LogP contribution in [0.4, 0.5) is 0 Å². The Morgan fingerprint density at radius 1 is 0.844 bits per heavy atom. The molecule has 0 amide bonds. The third-order valence-corrected chi connectivity index (χ3v) is 11.9. The molecule has 0 bridgehead atoms. The lowest BCUT2D eigenvalue weighted by Crippen LogP contribution is -2.46. The van der Waals surface area contributed by atoms with Crippen LogP contribution >= 0.6 is 0 Å². The second-order valence-corrected chi connectivity index (χ2v) is 19.9. The minimum absolute atomic E-state index is 0.241. The van der Waals surface area contributed by atoms with Gasteiger partial charge in [-0.1, -0.05) is 106 Å². The Hall–Kier alpha value is -3.95. The highest BCUT2D eigenvalue weighted by atomic mass is 28.3. The summed E-state index contributed by atoms with van der Waals surface area (Å²) in [4.78, 5) is 0. The molecule has 6 aromatic rings. The average molecular weight is 612 g/mol. The molecule has 228 valence electrons. The van der Waals surface area contributed by atoms with E-state index in [0.29, 0.717) is 17.6 Å². The van der Waals surface area contributed by atoms with E-state index in [2.05, 4.69) is 119 Å². The van der Waals surface area contributed by atoms with Crippen LogP contribution in [0.3, 0.4) is 0 Å². The van der Waals surface area contributed by atoms with Crippen LogP contribution in [0.25, 0.3) is 55.4 Å². The van der Waals surface area contributed by atoms with Gasteiger partial charge in [-0.2, -0.15) is 0 Å². The topological polar surface area (TPSA) is 17.0 Å². The summed E-state index contributed by atoms with van der Waals surface area (Å²) < 4.78 is 36.9. The number of aryl methyl sites for hydroxylation is 2. The summed E-state index contributed by atoms with van der Waals surface area (Å²) in [7, 11) is 0.176. The van der Waals surface area contributed by atoms with Gasteiger partial charge >= 0.3 is 0 Å². The molecule has 4 aromatic carbocycles. The molecule has 2 nitrogen and oxygen atoms in total. The fourth-order valence-corrected chi connectivity index (χ4v) is 8.62. The maximum Gasteiger partial charge on any atom is 0.216 e. The van der Waals surface area contributed by atoms with Crippen LogP contribution in [0, 0.1) is 12.3 Å². The summed E-state index contributed by atoms with van der Waals surface area (Å²) in [5.41, 5.74) is 9.76. The summed E-state index contributed by atoms with van der Waals surface area (Å²) in [5, 5.41) is 3.37. The maximum absolute atomic E-state index is 9.36.